The summed E-state index contributed by atoms with van der Waals surface area (Å²) in [5.74, 6) is 0.673. The lowest BCUT2D eigenvalue weighted by Crippen LogP contribution is -2.20. The van der Waals surface area contributed by atoms with E-state index in [-0.39, 0.29) is 0 Å². The maximum atomic E-state index is 5.85. The molecule has 0 unspecified atom stereocenters. The van der Waals surface area contributed by atoms with Crippen LogP contribution in [-0.4, -0.2) is 16.0 Å². The highest BCUT2D eigenvalue weighted by Crippen LogP contribution is 2.26. The molecule has 5 heteroatoms. The molecule has 0 aromatic carbocycles. The molecule has 0 bridgehead atoms. The number of anilines is 2. The highest BCUT2D eigenvalue weighted by atomic mass is 35.5. The number of nitrogens with one attached hydrogen (secondary N) is 1. The van der Waals surface area contributed by atoms with Crippen LogP contribution < -0.4 is 11.1 Å². The van der Waals surface area contributed by atoms with Gasteiger partial charge in [0.1, 0.15) is 12.0 Å². The van der Waals surface area contributed by atoms with E-state index in [1.165, 1.54) is 44.9 Å². The van der Waals surface area contributed by atoms with Gasteiger partial charge in [-0.15, -0.1) is 0 Å². The van der Waals surface area contributed by atoms with E-state index in [9.17, 15) is 0 Å². The molecule has 1 aromatic heterocycles. The minimum absolute atomic E-state index is 0.325. The van der Waals surface area contributed by atoms with Gasteiger partial charge >= 0.3 is 0 Å². The SMILES string of the molecule is Nc1c(Cl)ncnc1NC1CCCCCC1. The Morgan fingerprint density at radius 2 is 1.88 bits per heavy atom. The predicted octanol–water partition coefficient (Wildman–Crippen LogP) is 2.85. The molecule has 1 aliphatic rings. The summed E-state index contributed by atoms with van der Waals surface area (Å²) in [7, 11) is 0. The molecule has 3 N–H and O–H groups in total. The lowest BCUT2D eigenvalue weighted by Gasteiger charge is -2.17. The van der Waals surface area contributed by atoms with Crippen molar-refractivity contribution in [3.8, 4) is 0 Å². The summed E-state index contributed by atoms with van der Waals surface area (Å²) >= 11 is 5.85. The van der Waals surface area contributed by atoms with Gasteiger partial charge in [0.15, 0.2) is 11.0 Å². The summed E-state index contributed by atoms with van der Waals surface area (Å²) < 4.78 is 0. The first-order valence-electron chi connectivity index (χ1n) is 5.80. The Morgan fingerprint density at radius 3 is 2.56 bits per heavy atom. The van der Waals surface area contributed by atoms with Gasteiger partial charge in [-0.25, -0.2) is 9.97 Å². The first-order chi connectivity index (χ1) is 7.77. The maximum absolute atomic E-state index is 5.85. The number of nitrogens with zero attached hydrogens (tertiary/aromatic N) is 2. The van der Waals surface area contributed by atoms with Crippen LogP contribution in [0, 0.1) is 0 Å². The molecule has 0 spiro atoms. The fourth-order valence-corrected chi connectivity index (χ4v) is 2.24. The highest BCUT2D eigenvalue weighted by Gasteiger charge is 2.14. The number of hydrogen-bond donors (Lipinski definition) is 2. The van der Waals surface area contributed by atoms with E-state index in [1.54, 1.807) is 0 Å². The molecule has 1 saturated carbocycles. The van der Waals surface area contributed by atoms with Crippen molar-refractivity contribution in [3.63, 3.8) is 0 Å². The Morgan fingerprint density at radius 1 is 1.19 bits per heavy atom. The highest BCUT2D eigenvalue weighted by molar-refractivity contribution is 6.32. The van der Waals surface area contributed by atoms with Gasteiger partial charge in [-0.3, -0.25) is 0 Å². The molecule has 0 amide bonds. The van der Waals surface area contributed by atoms with E-state index in [0.29, 0.717) is 22.7 Å². The van der Waals surface area contributed by atoms with Crippen LogP contribution in [0.1, 0.15) is 38.5 Å². The quantitative estimate of drug-likeness (QED) is 0.616. The third kappa shape index (κ3) is 2.76. The average Bonchev–Trinajstić information content (AvgIpc) is 2.53. The number of rotatable bonds is 2. The average molecular weight is 241 g/mol. The molecule has 0 saturated heterocycles. The number of nitrogen functional groups attached to an aromatic ring is 1. The Labute approximate surface area is 101 Å². The lowest BCUT2D eigenvalue weighted by atomic mass is 10.1. The Balaban J connectivity index is 2.04. The van der Waals surface area contributed by atoms with Crippen molar-refractivity contribution >= 4 is 23.1 Å². The second-order valence-electron chi connectivity index (χ2n) is 4.26. The predicted molar refractivity (Wildman–Crippen MR) is 66.6 cm³/mol. The zero-order chi connectivity index (χ0) is 11.4. The van der Waals surface area contributed by atoms with Crippen LogP contribution in [0.2, 0.25) is 5.15 Å². The fraction of sp³-hybridized carbons (Fsp3) is 0.636. The Hall–Kier alpha value is -1.03. The topological polar surface area (TPSA) is 63.8 Å². The van der Waals surface area contributed by atoms with E-state index in [0.717, 1.165) is 0 Å². The van der Waals surface area contributed by atoms with Crippen LogP contribution in [-0.2, 0) is 0 Å². The van der Waals surface area contributed by atoms with Gasteiger partial charge in [-0.1, -0.05) is 37.3 Å². The number of aromatic nitrogens is 2. The van der Waals surface area contributed by atoms with Crippen molar-refractivity contribution in [2.75, 3.05) is 11.1 Å². The standard InChI is InChI=1S/C11H17ClN4/c12-10-9(13)11(15-7-14-10)16-8-5-3-1-2-4-6-8/h7-8H,1-6,13H2,(H,14,15,16). The van der Waals surface area contributed by atoms with Gasteiger partial charge in [0, 0.05) is 6.04 Å². The second kappa shape index (κ2) is 5.34. The van der Waals surface area contributed by atoms with Crippen LogP contribution >= 0.6 is 11.6 Å². The third-order valence-corrected chi connectivity index (χ3v) is 3.33. The van der Waals surface area contributed by atoms with E-state index in [2.05, 4.69) is 15.3 Å². The number of halogens is 1. The molecule has 1 heterocycles. The first-order valence-corrected chi connectivity index (χ1v) is 6.17. The van der Waals surface area contributed by atoms with Crippen molar-refractivity contribution in [1.82, 2.24) is 9.97 Å². The molecule has 1 aliphatic carbocycles. The Bertz CT molecular complexity index is 348. The van der Waals surface area contributed by atoms with Gasteiger partial charge < -0.3 is 11.1 Å². The number of nitrogens with two attached hydrogens (primary N) is 1. The molecule has 0 aliphatic heterocycles. The second-order valence-corrected chi connectivity index (χ2v) is 4.62. The molecular weight excluding hydrogens is 224 g/mol. The minimum atomic E-state index is 0.325. The Kier molecular flexibility index (Phi) is 3.83. The fourth-order valence-electron chi connectivity index (χ4n) is 2.11. The molecule has 4 nitrogen and oxygen atoms in total. The molecule has 2 rings (SSSR count). The van der Waals surface area contributed by atoms with Gasteiger partial charge in [0.2, 0.25) is 0 Å². The maximum Gasteiger partial charge on any atom is 0.157 e. The van der Waals surface area contributed by atoms with Crippen molar-refractivity contribution < 1.29 is 0 Å². The first kappa shape index (κ1) is 11.5. The van der Waals surface area contributed by atoms with Gasteiger partial charge in [0.05, 0.1) is 0 Å². The van der Waals surface area contributed by atoms with Gasteiger partial charge in [-0.05, 0) is 12.8 Å². The smallest absolute Gasteiger partial charge is 0.157 e. The largest absolute Gasteiger partial charge is 0.393 e. The van der Waals surface area contributed by atoms with Gasteiger partial charge in [-0.2, -0.15) is 0 Å². The van der Waals surface area contributed by atoms with E-state index in [4.69, 9.17) is 17.3 Å². The lowest BCUT2D eigenvalue weighted by molar-refractivity contribution is 0.618. The number of hydrogen-bond acceptors (Lipinski definition) is 4. The molecule has 0 atom stereocenters. The van der Waals surface area contributed by atoms with Crippen molar-refractivity contribution in [3.05, 3.63) is 11.5 Å². The van der Waals surface area contributed by atoms with Crippen LogP contribution in [0.4, 0.5) is 11.5 Å². The van der Waals surface area contributed by atoms with Gasteiger partial charge in [0.25, 0.3) is 0 Å². The van der Waals surface area contributed by atoms with Crippen LogP contribution in [0.3, 0.4) is 0 Å². The summed E-state index contributed by atoms with van der Waals surface area (Å²) in [6.07, 6.45) is 9.02. The summed E-state index contributed by atoms with van der Waals surface area (Å²) in [6.45, 7) is 0. The van der Waals surface area contributed by atoms with Crippen molar-refractivity contribution in [1.29, 1.82) is 0 Å². The van der Waals surface area contributed by atoms with E-state index < -0.39 is 0 Å². The molecule has 1 aromatic rings. The summed E-state index contributed by atoms with van der Waals surface area (Å²) in [4.78, 5) is 7.97. The van der Waals surface area contributed by atoms with Crippen molar-refractivity contribution in [2.45, 2.75) is 44.6 Å². The minimum Gasteiger partial charge on any atom is -0.393 e. The molecule has 1 fully saturated rings. The van der Waals surface area contributed by atoms with Crippen LogP contribution in [0.5, 0.6) is 0 Å². The molecule has 88 valence electrons. The molecule has 16 heavy (non-hydrogen) atoms. The summed E-state index contributed by atoms with van der Waals surface area (Å²) in [5.41, 5.74) is 6.27. The zero-order valence-corrected chi connectivity index (χ0v) is 10.0. The van der Waals surface area contributed by atoms with E-state index in [1.807, 2.05) is 0 Å². The normalized spacial score (nSPS) is 18.1. The molecular formula is C11H17ClN4. The van der Waals surface area contributed by atoms with E-state index >= 15 is 0 Å². The summed E-state index contributed by atoms with van der Waals surface area (Å²) in [6, 6.07) is 0.468. The van der Waals surface area contributed by atoms with Crippen LogP contribution in [0.25, 0.3) is 0 Å². The zero-order valence-electron chi connectivity index (χ0n) is 9.25. The summed E-state index contributed by atoms with van der Waals surface area (Å²) in [5, 5.41) is 3.69. The molecule has 0 radical (unpaired) electrons. The van der Waals surface area contributed by atoms with Crippen LogP contribution in [0.15, 0.2) is 6.33 Å². The third-order valence-electron chi connectivity index (χ3n) is 3.03. The van der Waals surface area contributed by atoms with Crippen molar-refractivity contribution in [2.24, 2.45) is 0 Å². The monoisotopic (exact) mass is 240 g/mol.